The number of likely N-dealkylation sites (tertiary alicyclic amines) is 1. The van der Waals surface area contributed by atoms with Gasteiger partial charge in [-0.25, -0.2) is 4.79 Å². The molecule has 2 rings (SSSR count). The van der Waals surface area contributed by atoms with Gasteiger partial charge in [0.2, 0.25) is 0 Å². The van der Waals surface area contributed by atoms with Crippen molar-refractivity contribution >= 4 is 12.1 Å². The lowest BCUT2D eigenvalue weighted by atomic mass is 10.2. The largest absolute Gasteiger partial charge is 0.461 e. The Kier molecular flexibility index (Phi) is 4.61. The molecule has 1 heterocycles. The zero-order chi connectivity index (χ0) is 14.5. The molecule has 1 aliphatic heterocycles. The van der Waals surface area contributed by atoms with Gasteiger partial charge in [-0.2, -0.15) is 0 Å². The Bertz CT molecular complexity index is 474. The molecule has 108 valence electrons. The van der Waals surface area contributed by atoms with Crippen molar-refractivity contribution in [2.45, 2.75) is 39.0 Å². The van der Waals surface area contributed by atoms with E-state index in [0.29, 0.717) is 13.0 Å². The molecule has 1 fully saturated rings. The molecule has 1 amide bonds. The van der Waals surface area contributed by atoms with E-state index in [2.05, 4.69) is 0 Å². The smallest absolute Gasteiger partial charge is 0.410 e. The summed E-state index contributed by atoms with van der Waals surface area (Å²) in [4.78, 5) is 24.6. The molecule has 0 aliphatic carbocycles. The molecule has 1 aromatic rings. The van der Waals surface area contributed by atoms with Crippen LogP contribution >= 0.6 is 0 Å². The Labute approximate surface area is 118 Å². The summed E-state index contributed by atoms with van der Waals surface area (Å²) in [5.74, 6) is -0.318. The second-order valence-electron chi connectivity index (χ2n) is 5.01. The van der Waals surface area contributed by atoms with Crippen molar-refractivity contribution in [2.24, 2.45) is 0 Å². The quantitative estimate of drug-likeness (QED) is 0.796. The van der Waals surface area contributed by atoms with Crippen molar-refractivity contribution in [3.05, 3.63) is 35.9 Å². The van der Waals surface area contributed by atoms with E-state index in [4.69, 9.17) is 9.47 Å². The van der Waals surface area contributed by atoms with Crippen LogP contribution in [-0.4, -0.2) is 35.7 Å². The summed E-state index contributed by atoms with van der Waals surface area (Å²) in [5.41, 5.74) is 0.948. The first-order chi connectivity index (χ1) is 9.56. The third-order valence-electron chi connectivity index (χ3n) is 3.31. The number of rotatable bonds is 3. The van der Waals surface area contributed by atoms with Crippen molar-refractivity contribution in [3.63, 3.8) is 0 Å². The van der Waals surface area contributed by atoms with E-state index in [-0.39, 0.29) is 30.8 Å². The second-order valence-corrected chi connectivity index (χ2v) is 5.01. The Morgan fingerprint density at radius 3 is 2.65 bits per heavy atom. The number of carbonyl (C=O) groups excluding carboxylic acids is 2. The van der Waals surface area contributed by atoms with E-state index >= 15 is 0 Å². The van der Waals surface area contributed by atoms with Crippen LogP contribution in [0.3, 0.4) is 0 Å². The minimum Gasteiger partial charge on any atom is -0.461 e. The van der Waals surface area contributed by atoms with Crippen LogP contribution in [0.2, 0.25) is 0 Å². The fraction of sp³-hybridized carbons (Fsp3) is 0.467. The van der Waals surface area contributed by atoms with Gasteiger partial charge in [0.15, 0.2) is 0 Å². The van der Waals surface area contributed by atoms with Crippen LogP contribution < -0.4 is 0 Å². The van der Waals surface area contributed by atoms with Gasteiger partial charge in [-0.15, -0.1) is 0 Å². The number of hydrogen-bond donors (Lipinski definition) is 0. The standard InChI is InChI=1S/C15H19NO4/c1-11-8-14(20-12(2)17)9-16(11)15(18)19-10-13-6-4-3-5-7-13/h3-7,11,14H,8-10H2,1-2H3/t11-,14?/m1/s1. The SMILES string of the molecule is CC(=O)OC1C[C@@H](C)N(C(=O)OCc2ccccc2)C1. The molecule has 0 bridgehead atoms. The minimum absolute atomic E-state index is 0.0163. The van der Waals surface area contributed by atoms with Gasteiger partial charge in [0.1, 0.15) is 12.7 Å². The molecular weight excluding hydrogens is 258 g/mol. The van der Waals surface area contributed by atoms with E-state index in [9.17, 15) is 9.59 Å². The number of ether oxygens (including phenoxy) is 2. The van der Waals surface area contributed by atoms with Crippen LogP contribution in [0.1, 0.15) is 25.8 Å². The summed E-state index contributed by atoms with van der Waals surface area (Å²) in [6.07, 6.45) is 0.0581. The van der Waals surface area contributed by atoms with E-state index in [1.54, 1.807) is 4.90 Å². The molecule has 1 aliphatic rings. The van der Waals surface area contributed by atoms with Crippen molar-refractivity contribution in [2.75, 3.05) is 6.54 Å². The average Bonchev–Trinajstić information content (AvgIpc) is 2.77. The predicted octanol–water partition coefficient (Wildman–Crippen LogP) is 2.35. The van der Waals surface area contributed by atoms with Crippen LogP contribution in [0.15, 0.2) is 30.3 Å². The molecule has 0 aromatic heterocycles. The van der Waals surface area contributed by atoms with Crippen molar-refractivity contribution in [1.82, 2.24) is 4.90 Å². The van der Waals surface area contributed by atoms with E-state index in [0.717, 1.165) is 5.56 Å². The highest BCUT2D eigenvalue weighted by atomic mass is 16.6. The molecule has 2 atom stereocenters. The maximum absolute atomic E-state index is 12.0. The minimum atomic E-state index is -0.365. The summed E-state index contributed by atoms with van der Waals surface area (Å²) in [6, 6.07) is 9.54. The van der Waals surface area contributed by atoms with Crippen LogP contribution in [0, 0.1) is 0 Å². The Balaban J connectivity index is 1.85. The molecule has 1 saturated heterocycles. The number of esters is 1. The fourth-order valence-corrected chi connectivity index (χ4v) is 2.36. The number of benzene rings is 1. The monoisotopic (exact) mass is 277 g/mol. The predicted molar refractivity (Wildman–Crippen MR) is 73.0 cm³/mol. The maximum atomic E-state index is 12.0. The van der Waals surface area contributed by atoms with Crippen molar-refractivity contribution in [1.29, 1.82) is 0 Å². The van der Waals surface area contributed by atoms with Crippen molar-refractivity contribution < 1.29 is 19.1 Å². The second kappa shape index (κ2) is 6.41. The summed E-state index contributed by atoms with van der Waals surface area (Å²) in [6.45, 7) is 3.95. The van der Waals surface area contributed by atoms with Gasteiger partial charge < -0.3 is 14.4 Å². The maximum Gasteiger partial charge on any atom is 0.410 e. The first kappa shape index (κ1) is 14.4. The lowest BCUT2D eigenvalue weighted by Crippen LogP contribution is -2.35. The zero-order valence-electron chi connectivity index (χ0n) is 11.7. The average molecular weight is 277 g/mol. The molecule has 0 N–H and O–H groups in total. The molecule has 1 aromatic carbocycles. The Hall–Kier alpha value is -2.04. The number of hydrogen-bond acceptors (Lipinski definition) is 4. The first-order valence-electron chi connectivity index (χ1n) is 6.71. The molecule has 0 radical (unpaired) electrons. The van der Waals surface area contributed by atoms with E-state index in [1.165, 1.54) is 6.92 Å². The highest BCUT2D eigenvalue weighted by molar-refractivity contribution is 5.69. The summed E-state index contributed by atoms with van der Waals surface area (Å²) in [7, 11) is 0. The Morgan fingerprint density at radius 1 is 1.30 bits per heavy atom. The normalized spacial score (nSPS) is 21.6. The van der Waals surface area contributed by atoms with E-state index in [1.807, 2.05) is 37.3 Å². The molecule has 0 saturated carbocycles. The topological polar surface area (TPSA) is 55.8 Å². The van der Waals surface area contributed by atoms with Crippen LogP contribution in [-0.2, 0) is 20.9 Å². The number of nitrogens with zero attached hydrogens (tertiary/aromatic N) is 1. The van der Waals surface area contributed by atoms with Crippen LogP contribution in [0.4, 0.5) is 4.79 Å². The van der Waals surface area contributed by atoms with Gasteiger partial charge >= 0.3 is 12.1 Å². The van der Waals surface area contributed by atoms with Gasteiger partial charge in [-0.1, -0.05) is 30.3 Å². The highest BCUT2D eigenvalue weighted by Crippen LogP contribution is 2.21. The Morgan fingerprint density at radius 2 is 2.00 bits per heavy atom. The molecule has 5 heteroatoms. The van der Waals surface area contributed by atoms with Gasteiger partial charge in [-0.05, 0) is 12.5 Å². The van der Waals surface area contributed by atoms with E-state index < -0.39 is 0 Å². The van der Waals surface area contributed by atoms with Gasteiger partial charge in [0, 0.05) is 19.4 Å². The number of carbonyl (C=O) groups is 2. The van der Waals surface area contributed by atoms with Crippen LogP contribution in [0.25, 0.3) is 0 Å². The van der Waals surface area contributed by atoms with Crippen molar-refractivity contribution in [3.8, 4) is 0 Å². The summed E-state index contributed by atoms with van der Waals surface area (Å²) < 4.78 is 10.4. The van der Waals surface area contributed by atoms with Gasteiger partial charge in [0.25, 0.3) is 0 Å². The lowest BCUT2D eigenvalue weighted by Gasteiger charge is -2.20. The summed E-state index contributed by atoms with van der Waals surface area (Å²) in [5, 5.41) is 0. The molecule has 1 unspecified atom stereocenters. The molecule has 20 heavy (non-hydrogen) atoms. The molecule has 0 spiro atoms. The van der Waals surface area contributed by atoms with Gasteiger partial charge in [-0.3, -0.25) is 4.79 Å². The van der Waals surface area contributed by atoms with Crippen LogP contribution in [0.5, 0.6) is 0 Å². The highest BCUT2D eigenvalue weighted by Gasteiger charge is 2.35. The molecular formula is C15H19NO4. The summed E-state index contributed by atoms with van der Waals surface area (Å²) >= 11 is 0. The first-order valence-corrected chi connectivity index (χ1v) is 6.71. The fourth-order valence-electron chi connectivity index (χ4n) is 2.36. The third-order valence-corrected chi connectivity index (χ3v) is 3.31. The number of amides is 1. The zero-order valence-corrected chi connectivity index (χ0v) is 11.7. The molecule has 5 nitrogen and oxygen atoms in total. The third kappa shape index (κ3) is 3.73. The lowest BCUT2D eigenvalue weighted by molar-refractivity contribution is -0.145. The van der Waals surface area contributed by atoms with Gasteiger partial charge in [0.05, 0.1) is 6.54 Å².